The Morgan fingerprint density at radius 2 is 2.36 bits per heavy atom. The summed E-state index contributed by atoms with van der Waals surface area (Å²) >= 11 is 0. The maximum atomic E-state index is 10.9. The van der Waals surface area contributed by atoms with Gasteiger partial charge in [0.1, 0.15) is 6.10 Å². The van der Waals surface area contributed by atoms with Crippen molar-refractivity contribution in [1.29, 1.82) is 0 Å². The molecule has 0 aliphatic rings. The van der Waals surface area contributed by atoms with E-state index in [1.165, 1.54) is 0 Å². The molecule has 0 amide bonds. The summed E-state index contributed by atoms with van der Waals surface area (Å²) in [4.78, 5) is 13.5. The third kappa shape index (κ3) is 6.14. The van der Waals surface area contributed by atoms with Crippen molar-refractivity contribution in [2.45, 2.75) is 38.7 Å². The number of hydrogen-bond donors (Lipinski definition) is 0. The van der Waals surface area contributed by atoms with Gasteiger partial charge in [0.15, 0.2) is 0 Å². The highest BCUT2D eigenvalue weighted by atomic mass is 16.5. The van der Waals surface area contributed by atoms with Gasteiger partial charge in [0.25, 0.3) is 0 Å². The average molecular weight is 196 g/mol. The van der Waals surface area contributed by atoms with Crippen molar-refractivity contribution in [2.24, 2.45) is 0 Å². The van der Waals surface area contributed by atoms with Crippen LogP contribution in [0.4, 0.5) is 0 Å². The molecule has 14 heavy (non-hydrogen) atoms. The number of rotatable bonds is 7. The van der Waals surface area contributed by atoms with E-state index < -0.39 is 5.97 Å². The predicted molar refractivity (Wildman–Crippen MR) is 53.9 cm³/mol. The summed E-state index contributed by atoms with van der Waals surface area (Å²) in [5.74, 6) is -0.645. The van der Waals surface area contributed by atoms with Gasteiger partial charge in [-0.3, -0.25) is 0 Å². The van der Waals surface area contributed by atoms with Crippen molar-refractivity contribution in [1.82, 2.24) is 0 Å². The molecule has 0 spiro atoms. The van der Waals surface area contributed by atoms with Crippen LogP contribution >= 0.6 is 0 Å². The molecule has 4 nitrogen and oxygen atoms in total. The van der Waals surface area contributed by atoms with Gasteiger partial charge in [0.2, 0.25) is 0 Å². The fraction of sp³-hybridized carbons (Fsp3) is 0.600. The second kappa shape index (κ2) is 8.20. The van der Waals surface area contributed by atoms with E-state index in [0.29, 0.717) is 0 Å². The van der Waals surface area contributed by atoms with Crippen molar-refractivity contribution in [3.05, 3.63) is 18.2 Å². The van der Waals surface area contributed by atoms with E-state index in [-0.39, 0.29) is 6.10 Å². The van der Waals surface area contributed by atoms with Crippen LogP contribution in [0.5, 0.6) is 0 Å². The molecule has 0 aliphatic carbocycles. The Labute approximate surface area is 84.2 Å². The van der Waals surface area contributed by atoms with Crippen LogP contribution < -0.4 is 0 Å². The van der Waals surface area contributed by atoms with Crippen LogP contribution in [0.3, 0.4) is 0 Å². The molecule has 0 N–H and O–H groups in total. The van der Waals surface area contributed by atoms with Crippen molar-refractivity contribution in [3.63, 3.8) is 0 Å². The molecule has 0 bridgehead atoms. The first kappa shape index (κ1) is 12.6. The van der Waals surface area contributed by atoms with Gasteiger partial charge in [-0.25, -0.2) is 4.79 Å². The van der Waals surface area contributed by atoms with Crippen molar-refractivity contribution < 1.29 is 14.3 Å². The summed E-state index contributed by atoms with van der Waals surface area (Å²) in [7, 11) is 0. The zero-order valence-electron chi connectivity index (χ0n) is 8.48. The molecule has 0 fully saturated rings. The van der Waals surface area contributed by atoms with Crippen LogP contribution in [-0.2, 0) is 9.53 Å². The molecule has 1 atom stereocenters. The highest BCUT2D eigenvalue weighted by molar-refractivity contribution is 6.20. The van der Waals surface area contributed by atoms with Crippen molar-refractivity contribution in [2.75, 3.05) is 0 Å². The first-order valence-corrected chi connectivity index (χ1v) is 4.75. The maximum absolute atomic E-state index is 10.9. The summed E-state index contributed by atoms with van der Waals surface area (Å²) in [5, 5.41) is 0. The molecule has 0 aliphatic heterocycles. The molecule has 4 heteroatoms. The third-order valence-corrected chi connectivity index (χ3v) is 1.79. The van der Waals surface area contributed by atoms with E-state index in [9.17, 15) is 4.79 Å². The number of unbranched alkanes of at least 4 members (excludes halogenated alkanes) is 2. The molecule has 0 saturated heterocycles. The third-order valence-electron chi connectivity index (χ3n) is 1.79. The maximum Gasteiger partial charge on any atom is 0.414 e. The van der Waals surface area contributed by atoms with E-state index in [1.807, 2.05) is 0 Å². The highest BCUT2D eigenvalue weighted by Crippen LogP contribution is 2.07. The van der Waals surface area contributed by atoms with Gasteiger partial charge in [-0.2, -0.15) is 4.79 Å². The van der Waals surface area contributed by atoms with Gasteiger partial charge in [0.05, 0.1) is 0 Å². The highest BCUT2D eigenvalue weighted by Gasteiger charge is 2.11. The second-order valence-electron chi connectivity index (χ2n) is 2.95. The Morgan fingerprint density at radius 3 is 2.86 bits per heavy atom. The first-order chi connectivity index (χ1) is 6.74. The summed E-state index contributed by atoms with van der Waals surface area (Å²) in [6, 6.07) is 0. The number of hydrogen-bond acceptors (Lipinski definition) is 2. The Hall–Kier alpha value is -1.41. The number of esters is 1. The normalized spacial score (nSPS) is 11.2. The number of ether oxygens (including phenoxy) is 1. The van der Waals surface area contributed by atoms with Gasteiger partial charge in [-0.1, -0.05) is 32.4 Å². The predicted octanol–water partition coefficient (Wildman–Crippen LogP) is 1.97. The molecule has 1 unspecified atom stereocenters. The minimum absolute atomic E-state index is 0.285. The molecule has 0 rings (SSSR count). The monoisotopic (exact) mass is 196 g/mol. The van der Waals surface area contributed by atoms with Gasteiger partial charge in [-0.05, 0) is 12.8 Å². The topological polar surface area (TPSA) is 62.7 Å². The minimum atomic E-state index is -0.645. The summed E-state index contributed by atoms with van der Waals surface area (Å²) < 4.78 is 4.92. The smallest absolute Gasteiger partial charge is 0.414 e. The van der Waals surface area contributed by atoms with Crippen molar-refractivity contribution in [3.8, 4) is 0 Å². The first-order valence-electron chi connectivity index (χ1n) is 4.75. The Bertz CT molecular complexity index is 232. The fourth-order valence-corrected chi connectivity index (χ4v) is 1.05. The summed E-state index contributed by atoms with van der Waals surface area (Å²) in [6.45, 7) is 5.67. The van der Waals surface area contributed by atoms with Crippen LogP contribution in [0, 0.1) is 0 Å². The average Bonchev–Trinajstić information content (AvgIpc) is 2.17. The van der Waals surface area contributed by atoms with Crippen molar-refractivity contribution >= 4 is 12.2 Å². The van der Waals surface area contributed by atoms with Crippen LogP contribution in [0.2, 0.25) is 0 Å². The van der Waals surface area contributed by atoms with E-state index in [0.717, 1.165) is 31.9 Å². The molecule has 0 aromatic heterocycles. The molecule has 0 radical (unpaired) electrons. The summed E-state index contributed by atoms with van der Waals surface area (Å²) in [5.41, 5.74) is 8.08. The van der Waals surface area contributed by atoms with E-state index >= 15 is 0 Å². The Kier molecular flexibility index (Phi) is 7.37. The molecular formula is C10H16N2O2. The van der Waals surface area contributed by atoms with Gasteiger partial charge in [-0.15, -0.1) is 0 Å². The minimum Gasteiger partial charge on any atom is -0.450 e. The van der Waals surface area contributed by atoms with Crippen LogP contribution in [-0.4, -0.2) is 23.1 Å². The quantitative estimate of drug-likeness (QED) is 0.156. The number of nitrogens with zero attached hydrogens (tertiary/aromatic N) is 2. The largest absolute Gasteiger partial charge is 0.450 e. The van der Waals surface area contributed by atoms with E-state index in [1.54, 1.807) is 6.08 Å². The molecular weight excluding hydrogens is 180 g/mol. The zero-order chi connectivity index (χ0) is 10.8. The lowest BCUT2D eigenvalue weighted by molar-refractivity contribution is -0.142. The number of carbonyl (C=O) groups is 1. The van der Waals surface area contributed by atoms with Gasteiger partial charge < -0.3 is 10.3 Å². The standard InChI is InChI=1S/C10H16N2O2/c1-3-5-6-7-9(4-2)14-10(13)8-12-11/h4,8-9H,2-3,5-7H2,1H3. The lowest BCUT2D eigenvalue weighted by Crippen LogP contribution is -2.16. The molecule has 78 valence electrons. The van der Waals surface area contributed by atoms with Gasteiger partial charge >= 0.3 is 12.2 Å². The van der Waals surface area contributed by atoms with E-state index in [4.69, 9.17) is 10.3 Å². The zero-order valence-corrected chi connectivity index (χ0v) is 8.48. The number of carbonyl (C=O) groups excluding carboxylic acids is 1. The van der Waals surface area contributed by atoms with Crippen LogP contribution in [0.1, 0.15) is 32.6 Å². The SMILES string of the molecule is C=CC(CCCCC)OC(=O)C=[N+]=[N-]. The Morgan fingerprint density at radius 1 is 1.64 bits per heavy atom. The fourth-order valence-electron chi connectivity index (χ4n) is 1.05. The van der Waals surface area contributed by atoms with Gasteiger partial charge in [0, 0.05) is 0 Å². The molecule has 0 heterocycles. The molecule has 0 saturated carbocycles. The van der Waals surface area contributed by atoms with Crippen LogP contribution in [0.15, 0.2) is 12.7 Å². The van der Waals surface area contributed by atoms with E-state index in [2.05, 4.69) is 18.3 Å². The summed E-state index contributed by atoms with van der Waals surface area (Å²) in [6.07, 6.45) is 6.02. The molecule has 0 aromatic rings. The lowest BCUT2D eigenvalue weighted by Gasteiger charge is -2.10. The second-order valence-corrected chi connectivity index (χ2v) is 2.95. The lowest BCUT2D eigenvalue weighted by atomic mass is 10.1. The molecule has 0 aromatic carbocycles. The Balaban J connectivity index is 3.83. The van der Waals surface area contributed by atoms with Crippen LogP contribution in [0.25, 0.3) is 5.53 Å².